The summed E-state index contributed by atoms with van der Waals surface area (Å²) in [6.07, 6.45) is 0. The molecule has 0 atom stereocenters. The molecule has 0 aliphatic heterocycles. The minimum Gasteiger partial charge on any atom is -0.399 e. The summed E-state index contributed by atoms with van der Waals surface area (Å²) >= 11 is 1.24. The Morgan fingerprint density at radius 2 is 2.29 bits per heavy atom. The van der Waals surface area contributed by atoms with Crippen LogP contribution in [0.1, 0.15) is 5.56 Å². The molecule has 1 aromatic carbocycles. The molecule has 0 aliphatic rings. The van der Waals surface area contributed by atoms with Crippen LogP contribution in [0, 0.1) is 11.3 Å². The van der Waals surface area contributed by atoms with Gasteiger partial charge in [-0.2, -0.15) is 5.26 Å². The fourth-order valence-electron chi connectivity index (χ4n) is 0.910. The van der Waals surface area contributed by atoms with Gasteiger partial charge in [0.25, 0.3) is 0 Å². The molecular weight excluding hydrogens is 198 g/mol. The Kier molecular flexibility index (Phi) is 3.37. The van der Waals surface area contributed by atoms with Gasteiger partial charge in [0.2, 0.25) is 5.91 Å². The highest BCUT2D eigenvalue weighted by Gasteiger charge is 2.04. The summed E-state index contributed by atoms with van der Waals surface area (Å²) in [5, 5.41) is 8.77. The van der Waals surface area contributed by atoms with E-state index < -0.39 is 5.91 Å². The summed E-state index contributed by atoms with van der Waals surface area (Å²) in [7, 11) is 0. The number of nitrogens with two attached hydrogens (primary N) is 2. The fourth-order valence-corrected chi connectivity index (χ4v) is 1.63. The summed E-state index contributed by atoms with van der Waals surface area (Å²) in [4.78, 5) is 11.3. The SMILES string of the molecule is N#Cc1cc(N)ccc1SCC(N)=O. The van der Waals surface area contributed by atoms with Gasteiger partial charge in [-0.25, -0.2) is 0 Å². The van der Waals surface area contributed by atoms with Gasteiger partial charge in [0.15, 0.2) is 0 Å². The third kappa shape index (κ3) is 2.68. The lowest BCUT2D eigenvalue weighted by molar-refractivity contribution is -0.115. The second-order valence-corrected chi connectivity index (χ2v) is 3.64. The summed E-state index contributed by atoms with van der Waals surface area (Å²) in [5.41, 5.74) is 11.5. The molecule has 0 saturated heterocycles. The van der Waals surface area contributed by atoms with E-state index in [1.54, 1.807) is 18.2 Å². The third-order valence-electron chi connectivity index (χ3n) is 1.49. The minimum absolute atomic E-state index is 0.165. The largest absolute Gasteiger partial charge is 0.399 e. The fraction of sp³-hybridized carbons (Fsp3) is 0.111. The average molecular weight is 207 g/mol. The number of nitrogens with zero attached hydrogens (tertiary/aromatic N) is 1. The Hall–Kier alpha value is -1.67. The maximum Gasteiger partial charge on any atom is 0.227 e. The molecule has 0 radical (unpaired) electrons. The molecule has 1 amide bonds. The Labute approximate surface area is 85.9 Å². The summed E-state index contributed by atoms with van der Waals surface area (Å²) in [6, 6.07) is 6.97. The molecule has 0 aromatic heterocycles. The topological polar surface area (TPSA) is 92.9 Å². The molecule has 5 heteroatoms. The van der Waals surface area contributed by atoms with Crippen molar-refractivity contribution in [1.82, 2.24) is 0 Å². The van der Waals surface area contributed by atoms with Crippen LogP contribution in [-0.2, 0) is 4.79 Å². The Morgan fingerprint density at radius 3 is 2.86 bits per heavy atom. The van der Waals surface area contributed by atoms with Crippen molar-refractivity contribution in [2.45, 2.75) is 4.90 Å². The van der Waals surface area contributed by atoms with E-state index in [1.807, 2.05) is 6.07 Å². The third-order valence-corrected chi connectivity index (χ3v) is 2.59. The van der Waals surface area contributed by atoms with E-state index in [-0.39, 0.29) is 5.75 Å². The number of hydrogen-bond acceptors (Lipinski definition) is 4. The molecule has 0 fully saturated rings. The number of anilines is 1. The van der Waals surface area contributed by atoms with Gasteiger partial charge in [-0.15, -0.1) is 11.8 Å². The molecular formula is C9H9N3OS. The molecule has 72 valence electrons. The van der Waals surface area contributed by atoms with Crippen LogP contribution in [0.4, 0.5) is 5.69 Å². The second-order valence-electron chi connectivity index (χ2n) is 2.62. The zero-order chi connectivity index (χ0) is 10.6. The summed E-state index contributed by atoms with van der Waals surface area (Å²) in [6.45, 7) is 0. The van der Waals surface area contributed by atoms with Gasteiger partial charge in [-0.1, -0.05) is 0 Å². The van der Waals surface area contributed by atoms with Crippen LogP contribution in [0.5, 0.6) is 0 Å². The van der Waals surface area contributed by atoms with E-state index in [2.05, 4.69) is 0 Å². The van der Waals surface area contributed by atoms with Crippen LogP contribution in [0.25, 0.3) is 0 Å². The van der Waals surface area contributed by atoms with Gasteiger partial charge in [0.1, 0.15) is 6.07 Å². The predicted molar refractivity (Wildman–Crippen MR) is 55.5 cm³/mol. The number of benzene rings is 1. The van der Waals surface area contributed by atoms with Crippen molar-refractivity contribution in [2.75, 3.05) is 11.5 Å². The molecule has 4 nitrogen and oxygen atoms in total. The quantitative estimate of drug-likeness (QED) is 0.564. The first-order valence-electron chi connectivity index (χ1n) is 3.84. The Balaban J connectivity index is 2.87. The maximum absolute atomic E-state index is 10.5. The number of nitriles is 1. The van der Waals surface area contributed by atoms with E-state index in [0.717, 1.165) is 4.90 Å². The molecule has 0 unspecified atom stereocenters. The van der Waals surface area contributed by atoms with Crippen molar-refractivity contribution in [3.8, 4) is 6.07 Å². The van der Waals surface area contributed by atoms with Crippen molar-refractivity contribution in [3.63, 3.8) is 0 Å². The Morgan fingerprint density at radius 1 is 1.57 bits per heavy atom. The highest BCUT2D eigenvalue weighted by molar-refractivity contribution is 8.00. The molecule has 0 heterocycles. The highest BCUT2D eigenvalue weighted by atomic mass is 32.2. The van der Waals surface area contributed by atoms with E-state index in [4.69, 9.17) is 16.7 Å². The zero-order valence-electron chi connectivity index (χ0n) is 7.36. The number of amides is 1. The van der Waals surface area contributed by atoms with E-state index >= 15 is 0 Å². The first kappa shape index (κ1) is 10.4. The van der Waals surface area contributed by atoms with Gasteiger partial charge in [-0.05, 0) is 18.2 Å². The Bertz CT molecular complexity index is 398. The summed E-state index contributed by atoms with van der Waals surface area (Å²) in [5.74, 6) is -0.241. The number of thioether (sulfide) groups is 1. The lowest BCUT2D eigenvalue weighted by atomic mass is 10.2. The smallest absolute Gasteiger partial charge is 0.227 e. The van der Waals surface area contributed by atoms with Crippen LogP contribution in [-0.4, -0.2) is 11.7 Å². The molecule has 0 saturated carbocycles. The van der Waals surface area contributed by atoms with Crippen LogP contribution in [0.2, 0.25) is 0 Å². The number of carbonyl (C=O) groups excluding carboxylic acids is 1. The van der Waals surface area contributed by atoms with Gasteiger partial charge >= 0.3 is 0 Å². The van der Waals surface area contributed by atoms with Crippen molar-refractivity contribution in [1.29, 1.82) is 5.26 Å². The van der Waals surface area contributed by atoms with Crippen LogP contribution in [0.15, 0.2) is 23.1 Å². The highest BCUT2D eigenvalue weighted by Crippen LogP contribution is 2.23. The van der Waals surface area contributed by atoms with Crippen LogP contribution in [0.3, 0.4) is 0 Å². The number of rotatable bonds is 3. The minimum atomic E-state index is -0.407. The van der Waals surface area contributed by atoms with Gasteiger partial charge < -0.3 is 11.5 Å². The van der Waals surface area contributed by atoms with Gasteiger partial charge in [0, 0.05) is 10.6 Å². The molecule has 14 heavy (non-hydrogen) atoms. The predicted octanol–water partition coefficient (Wildman–Crippen LogP) is 0.718. The first-order chi connectivity index (χ1) is 6.63. The number of primary amides is 1. The van der Waals surface area contributed by atoms with E-state index in [9.17, 15) is 4.79 Å². The lowest BCUT2D eigenvalue weighted by Gasteiger charge is -2.02. The van der Waals surface area contributed by atoms with Crippen molar-refractivity contribution in [2.24, 2.45) is 5.73 Å². The van der Waals surface area contributed by atoms with Crippen molar-refractivity contribution in [3.05, 3.63) is 23.8 Å². The molecule has 1 aromatic rings. The zero-order valence-corrected chi connectivity index (χ0v) is 8.17. The molecule has 1 rings (SSSR count). The normalized spacial score (nSPS) is 9.36. The monoisotopic (exact) mass is 207 g/mol. The number of nitrogen functional groups attached to an aromatic ring is 1. The van der Waals surface area contributed by atoms with Gasteiger partial charge in [0.05, 0.1) is 11.3 Å². The van der Waals surface area contributed by atoms with E-state index in [1.165, 1.54) is 11.8 Å². The van der Waals surface area contributed by atoms with Crippen molar-refractivity contribution >= 4 is 23.4 Å². The standard InChI is InChI=1S/C9H9N3OS/c10-4-6-3-7(11)1-2-8(6)14-5-9(12)13/h1-3H,5,11H2,(H2,12,13). The van der Waals surface area contributed by atoms with Crippen LogP contribution >= 0.6 is 11.8 Å². The molecule has 0 aliphatic carbocycles. The molecule has 0 bridgehead atoms. The number of hydrogen-bond donors (Lipinski definition) is 2. The number of carbonyl (C=O) groups is 1. The maximum atomic E-state index is 10.5. The average Bonchev–Trinajstić information content (AvgIpc) is 2.15. The summed E-state index contributed by atoms with van der Waals surface area (Å²) < 4.78 is 0. The van der Waals surface area contributed by atoms with Crippen molar-refractivity contribution < 1.29 is 4.79 Å². The molecule has 4 N–H and O–H groups in total. The molecule has 0 spiro atoms. The lowest BCUT2D eigenvalue weighted by Crippen LogP contribution is -2.13. The van der Waals surface area contributed by atoms with Gasteiger partial charge in [-0.3, -0.25) is 4.79 Å². The first-order valence-corrected chi connectivity index (χ1v) is 4.83. The second kappa shape index (κ2) is 4.53. The van der Waals surface area contributed by atoms with E-state index in [0.29, 0.717) is 11.3 Å². The van der Waals surface area contributed by atoms with Crippen LogP contribution < -0.4 is 11.5 Å².